The van der Waals surface area contributed by atoms with E-state index in [2.05, 4.69) is 26.2 Å². The van der Waals surface area contributed by atoms with Crippen molar-refractivity contribution >= 4 is 79.7 Å². The van der Waals surface area contributed by atoms with E-state index in [1.54, 1.807) is 48.2 Å². The average Bonchev–Trinajstić information content (AvgIpc) is 3.77. The first-order chi connectivity index (χ1) is 22.2. The van der Waals surface area contributed by atoms with Gasteiger partial charge in [-0.2, -0.15) is 0 Å². The fourth-order valence-corrected chi connectivity index (χ4v) is 11.3. The van der Waals surface area contributed by atoms with Gasteiger partial charge in [-0.15, -0.1) is 11.8 Å². The van der Waals surface area contributed by atoms with E-state index < -0.39 is 11.8 Å². The van der Waals surface area contributed by atoms with Crippen molar-refractivity contribution in [3.8, 4) is 11.5 Å². The SMILES string of the molecule is O=C(COc1ccc(Cl)cc1[C@@H]1c2sc(=O)[nH]c2S[C@@H]2[C@@H]3C[C@@H]([C@@H]4C(=O)N(c5ccc(Br)cc5)C(=O)[C@@H]34)[C@H]12)Nc1ccc(O)cc1. The number of benzene rings is 3. The molecule has 13 heteroatoms. The van der Waals surface area contributed by atoms with Crippen molar-refractivity contribution in [1.29, 1.82) is 0 Å². The molecule has 8 rings (SSSR count). The number of carbonyl (C=O) groups is 3. The number of anilines is 2. The minimum Gasteiger partial charge on any atom is -0.508 e. The summed E-state index contributed by atoms with van der Waals surface area (Å²) in [6.45, 7) is -0.285. The van der Waals surface area contributed by atoms with Crippen LogP contribution >= 0.6 is 50.6 Å². The summed E-state index contributed by atoms with van der Waals surface area (Å²) in [5, 5.41) is 13.5. The Bertz CT molecular complexity index is 1970. The summed E-state index contributed by atoms with van der Waals surface area (Å²) in [7, 11) is 0. The van der Waals surface area contributed by atoms with E-state index in [-0.39, 0.29) is 63.9 Å². The highest BCUT2D eigenvalue weighted by Crippen LogP contribution is 2.69. The van der Waals surface area contributed by atoms with Crippen LogP contribution in [0.25, 0.3) is 0 Å². The summed E-state index contributed by atoms with van der Waals surface area (Å²) in [5.74, 6) is -1.58. The van der Waals surface area contributed by atoms with Crippen LogP contribution < -0.4 is 19.8 Å². The molecule has 3 N–H and O–H groups in total. The van der Waals surface area contributed by atoms with E-state index in [0.717, 1.165) is 37.7 Å². The molecule has 7 atom stereocenters. The van der Waals surface area contributed by atoms with Crippen molar-refractivity contribution in [2.75, 3.05) is 16.8 Å². The molecule has 4 aromatic rings. The summed E-state index contributed by atoms with van der Waals surface area (Å²) in [5.41, 5.74) is 1.82. The third-order valence-electron chi connectivity index (χ3n) is 9.63. The molecule has 2 bridgehead atoms. The van der Waals surface area contributed by atoms with E-state index >= 15 is 0 Å². The van der Waals surface area contributed by atoms with Crippen molar-refractivity contribution in [3.05, 3.63) is 96.3 Å². The van der Waals surface area contributed by atoms with E-state index in [1.165, 1.54) is 17.0 Å². The number of nitrogens with one attached hydrogen (secondary N) is 2. The number of hydrogen-bond acceptors (Lipinski definition) is 8. The first kappa shape index (κ1) is 29.8. The molecule has 2 aliphatic carbocycles. The lowest BCUT2D eigenvalue weighted by Crippen LogP contribution is -2.42. The Labute approximate surface area is 284 Å². The molecule has 46 heavy (non-hydrogen) atoms. The minimum atomic E-state index is -0.456. The molecule has 2 aliphatic heterocycles. The quantitative estimate of drug-likeness (QED) is 0.158. The fourth-order valence-electron chi connectivity index (χ4n) is 7.99. The molecule has 2 saturated carbocycles. The van der Waals surface area contributed by atoms with Crippen molar-refractivity contribution in [1.82, 2.24) is 4.98 Å². The maximum absolute atomic E-state index is 14.0. The van der Waals surface area contributed by atoms with Gasteiger partial charge in [0.2, 0.25) is 11.8 Å². The number of rotatable bonds is 6. The molecule has 4 aliphatic rings. The minimum absolute atomic E-state index is 0.0137. The number of hydrogen-bond donors (Lipinski definition) is 3. The number of ether oxygens (including phenoxy) is 1. The molecular formula is C33H25BrClN3O6S2. The number of phenols is 1. The summed E-state index contributed by atoms with van der Waals surface area (Å²) in [6.07, 6.45) is 0.741. The van der Waals surface area contributed by atoms with Gasteiger partial charge in [0.05, 0.1) is 22.5 Å². The van der Waals surface area contributed by atoms with Crippen LogP contribution in [0.5, 0.6) is 11.5 Å². The highest BCUT2D eigenvalue weighted by molar-refractivity contribution is 9.10. The number of thiazole rings is 1. The first-order valence-electron chi connectivity index (χ1n) is 14.7. The predicted octanol–water partition coefficient (Wildman–Crippen LogP) is 6.25. The van der Waals surface area contributed by atoms with Gasteiger partial charge in [-0.3, -0.25) is 24.1 Å². The monoisotopic (exact) mass is 737 g/mol. The van der Waals surface area contributed by atoms with Gasteiger partial charge in [0.1, 0.15) is 11.5 Å². The number of H-pyrrole nitrogens is 1. The smallest absolute Gasteiger partial charge is 0.305 e. The normalized spacial score (nSPS) is 27.3. The highest BCUT2D eigenvalue weighted by Gasteiger charge is 2.69. The van der Waals surface area contributed by atoms with Gasteiger partial charge in [-0.25, -0.2) is 0 Å². The molecule has 0 spiro atoms. The van der Waals surface area contributed by atoms with Crippen LogP contribution in [0.4, 0.5) is 11.4 Å². The van der Waals surface area contributed by atoms with Crippen LogP contribution in [0, 0.1) is 29.6 Å². The Morgan fingerprint density at radius 3 is 2.48 bits per heavy atom. The third kappa shape index (κ3) is 4.80. The summed E-state index contributed by atoms with van der Waals surface area (Å²) in [6, 6.07) is 18.6. The standard InChI is InChI=1S/C33H25BrClN3O6S2/c34-14-1-6-17(7-2-14)38-31(41)26-20-12-21(27(26)32(38)42)28-25(20)24(29-30(45-28)37-33(43)46-29)19-11-15(35)3-10-22(19)44-13-23(40)36-16-4-8-18(39)9-5-16/h1-11,20-21,24-28,39H,12-13H2,(H,36,40)(H,37,43)/t20-,21-,24+,25-,26+,27+,28-/m1/s1. The second-order valence-corrected chi connectivity index (χ2v) is 15.6. The first-order valence-corrected chi connectivity index (χ1v) is 17.6. The number of fused-ring (bicyclic) bond motifs is 9. The van der Waals surface area contributed by atoms with Crippen LogP contribution in [-0.4, -0.2) is 39.7 Å². The lowest BCUT2D eigenvalue weighted by Gasteiger charge is -2.43. The Morgan fingerprint density at radius 2 is 1.74 bits per heavy atom. The number of aromatic hydroxyl groups is 1. The van der Waals surface area contributed by atoms with E-state index in [4.69, 9.17) is 16.3 Å². The maximum Gasteiger partial charge on any atom is 0.305 e. The van der Waals surface area contributed by atoms with Crippen molar-refractivity contribution in [2.45, 2.75) is 22.6 Å². The van der Waals surface area contributed by atoms with Gasteiger partial charge in [-0.05, 0) is 90.9 Å². The molecule has 1 aromatic heterocycles. The Morgan fingerprint density at radius 1 is 1.02 bits per heavy atom. The van der Waals surface area contributed by atoms with Crippen molar-refractivity contribution in [3.63, 3.8) is 0 Å². The zero-order valence-electron chi connectivity index (χ0n) is 23.8. The number of thioether (sulfide) groups is 1. The van der Waals surface area contributed by atoms with Gasteiger partial charge < -0.3 is 20.1 Å². The van der Waals surface area contributed by atoms with Gasteiger partial charge >= 0.3 is 4.87 Å². The van der Waals surface area contributed by atoms with Gasteiger partial charge in [0, 0.05) is 36.8 Å². The zero-order chi connectivity index (χ0) is 31.9. The molecule has 3 amide bonds. The molecule has 1 saturated heterocycles. The lowest BCUT2D eigenvalue weighted by atomic mass is 9.68. The number of imide groups is 1. The number of aromatic nitrogens is 1. The van der Waals surface area contributed by atoms with Crippen LogP contribution in [-0.2, 0) is 14.4 Å². The number of aromatic amines is 1. The predicted molar refractivity (Wildman–Crippen MR) is 179 cm³/mol. The average molecular weight is 739 g/mol. The molecule has 3 aromatic carbocycles. The number of amides is 3. The summed E-state index contributed by atoms with van der Waals surface area (Å²) in [4.78, 5) is 58.5. The molecular weight excluding hydrogens is 714 g/mol. The summed E-state index contributed by atoms with van der Waals surface area (Å²) < 4.78 is 6.98. The van der Waals surface area contributed by atoms with Gasteiger partial charge in [0.15, 0.2) is 6.61 Å². The number of phenolic OH excluding ortho intramolecular Hbond substituents is 1. The van der Waals surface area contributed by atoms with Crippen LogP contribution in [0.15, 0.2) is 81.0 Å². The van der Waals surface area contributed by atoms with Crippen molar-refractivity contribution in [2.24, 2.45) is 29.6 Å². The molecule has 3 heterocycles. The number of nitrogens with zero attached hydrogens (tertiary/aromatic N) is 1. The molecule has 0 radical (unpaired) electrons. The van der Waals surface area contributed by atoms with Crippen molar-refractivity contribution < 1.29 is 24.2 Å². The Balaban J connectivity index is 1.14. The molecule has 234 valence electrons. The van der Waals surface area contributed by atoms with E-state index in [0.29, 0.717) is 22.1 Å². The lowest BCUT2D eigenvalue weighted by molar-refractivity contribution is -0.123. The van der Waals surface area contributed by atoms with Gasteiger partial charge in [0.25, 0.3) is 5.91 Å². The van der Waals surface area contributed by atoms with Crippen LogP contribution in [0.1, 0.15) is 22.8 Å². The number of carbonyl (C=O) groups excluding carboxylic acids is 3. The second-order valence-electron chi connectivity index (χ2n) is 12.0. The van der Waals surface area contributed by atoms with E-state index in [1.807, 2.05) is 18.2 Å². The largest absolute Gasteiger partial charge is 0.508 e. The fraction of sp³-hybridized carbons (Fsp3) is 0.273. The summed E-state index contributed by atoms with van der Waals surface area (Å²) >= 11 is 12.7. The third-order valence-corrected chi connectivity index (χ3v) is 13.0. The van der Waals surface area contributed by atoms with E-state index in [9.17, 15) is 24.3 Å². The molecule has 0 unspecified atom stereocenters. The molecule has 3 fully saturated rings. The van der Waals surface area contributed by atoms with Gasteiger partial charge in [-0.1, -0.05) is 38.9 Å². The topological polar surface area (TPSA) is 129 Å². The maximum atomic E-state index is 14.0. The van der Waals surface area contributed by atoms with Crippen LogP contribution in [0.3, 0.4) is 0 Å². The Kier molecular flexibility index (Phi) is 7.31. The Hall–Kier alpha value is -3.58. The number of halogens is 2. The zero-order valence-corrected chi connectivity index (χ0v) is 27.8. The second kappa shape index (κ2) is 11.3. The van der Waals surface area contributed by atoms with Crippen LogP contribution in [0.2, 0.25) is 5.02 Å². The molecule has 9 nitrogen and oxygen atoms in total. The highest BCUT2D eigenvalue weighted by atomic mass is 79.9.